The summed E-state index contributed by atoms with van der Waals surface area (Å²) in [5.41, 5.74) is 8.72. The molecule has 0 spiro atoms. The van der Waals surface area contributed by atoms with Crippen LogP contribution in [0.4, 0.5) is 4.39 Å². The van der Waals surface area contributed by atoms with E-state index in [4.69, 9.17) is 5.73 Å². The number of carbonyl (C=O) groups is 1. The van der Waals surface area contributed by atoms with Crippen molar-refractivity contribution in [1.29, 1.82) is 0 Å². The number of amides is 1. The van der Waals surface area contributed by atoms with Gasteiger partial charge in [-0.3, -0.25) is 9.89 Å². The predicted octanol–water partition coefficient (Wildman–Crippen LogP) is 1.52. The molecule has 0 bridgehead atoms. The second-order valence-corrected chi connectivity index (χ2v) is 4.96. The first-order chi connectivity index (χ1) is 10.0. The van der Waals surface area contributed by atoms with E-state index < -0.39 is 6.04 Å². The number of nitrogens with one attached hydrogen (secondary N) is 2. The summed E-state index contributed by atoms with van der Waals surface area (Å²) in [5.74, 6) is -0.559. The van der Waals surface area contributed by atoms with E-state index in [1.165, 1.54) is 6.07 Å². The summed E-state index contributed by atoms with van der Waals surface area (Å²) in [4.78, 5) is 12.0. The molecule has 4 N–H and O–H groups in total. The zero-order valence-electron chi connectivity index (χ0n) is 12.1. The van der Waals surface area contributed by atoms with E-state index >= 15 is 0 Å². The van der Waals surface area contributed by atoms with E-state index in [2.05, 4.69) is 15.5 Å². The van der Waals surface area contributed by atoms with Gasteiger partial charge in [0.1, 0.15) is 11.9 Å². The van der Waals surface area contributed by atoms with Gasteiger partial charge in [0, 0.05) is 17.8 Å². The van der Waals surface area contributed by atoms with Crippen molar-refractivity contribution < 1.29 is 9.18 Å². The SMILES string of the molecule is Cc1n[nH]c(C)c1[C@@H](N)C(=O)NCCc1ccccc1F. The second kappa shape index (κ2) is 6.49. The number of nitrogens with zero attached hydrogens (tertiary/aromatic N) is 1. The molecule has 2 rings (SSSR count). The topological polar surface area (TPSA) is 83.8 Å². The van der Waals surface area contributed by atoms with Crippen molar-refractivity contribution in [3.63, 3.8) is 0 Å². The monoisotopic (exact) mass is 290 g/mol. The van der Waals surface area contributed by atoms with Gasteiger partial charge in [-0.15, -0.1) is 0 Å². The van der Waals surface area contributed by atoms with Crippen molar-refractivity contribution in [1.82, 2.24) is 15.5 Å². The Morgan fingerprint density at radius 1 is 1.43 bits per heavy atom. The van der Waals surface area contributed by atoms with Gasteiger partial charge in [-0.25, -0.2) is 4.39 Å². The molecule has 0 fully saturated rings. The summed E-state index contributed by atoms with van der Waals surface area (Å²) >= 11 is 0. The van der Waals surface area contributed by atoms with E-state index in [1.54, 1.807) is 25.1 Å². The highest BCUT2D eigenvalue weighted by atomic mass is 19.1. The van der Waals surface area contributed by atoms with Gasteiger partial charge < -0.3 is 11.1 Å². The van der Waals surface area contributed by atoms with Crippen molar-refractivity contribution in [2.45, 2.75) is 26.3 Å². The number of hydrogen-bond acceptors (Lipinski definition) is 3. The first-order valence-corrected chi connectivity index (χ1v) is 6.79. The van der Waals surface area contributed by atoms with Gasteiger partial charge in [0.2, 0.25) is 5.91 Å². The van der Waals surface area contributed by atoms with Crippen molar-refractivity contribution in [2.24, 2.45) is 5.73 Å². The van der Waals surface area contributed by atoms with Crippen LogP contribution in [-0.2, 0) is 11.2 Å². The molecule has 0 aliphatic rings. The van der Waals surface area contributed by atoms with Crippen LogP contribution in [0.1, 0.15) is 28.6 Å². The lowest BCUT2D eigenvalue weighted by Crippen LogP contribution is -2.35. The third kappa shape index (κ3) is 3.46. The summed E-state index contributed by atoms with van der Waals surface area (Å²) in [6.07, 6.45) is 0.425. The third-order valence-electron chi connectivity index (χ3n) is 3.43. The predicted molar refractivity (Wildman–Crippen MR) is 78.1 cm³/mol. The fourth-order valence-electron chi connectivity index (χ4n) is 2.28. The van der Waals surface area contributed by atoms with Crippen LogP contribution in [0, 0.1) is 19.7 Å². The molecule has 5 nitrogen and oxygen atoms in total. The summed E-state index contributed by atoms with van der Waals surface area (Å²) in [6, 6.07) is 5.74. The summed E-state index contributed by atoms with van der Waals surface area (Å²) < 4.78 is 13.5. The third-order valence-corrected chi connectivity index (χ3v) is 3.43. The van der Waals surface area contributed by atoms with E-state index in [0.29, 0.717) is 29.8 Å². The summed E-state index contributed by atoms with van der Waals surface area (Å²) in [5, 5.41) is 9.56. The number of carbonyl (C=O) groups excluding carboxylic acids is 1. The molecule has 0 saturated carbocycles. The van der Waals surface area contributed by atoms with E-state index in [1.807, 2.05) is 6.92 Å². The molecule has 21 heavy (non-hydrogen) atoms. The first kappa shape index (κ1) is 15.2. The number of hydrogen-bond donors (Lipinski definition) is 3. The molecule has 0 radical (unpaired) electrons. The molecule has 1 aromatic carbocycles. The number of aryl methyl sites for hydroxylation is 2. The molecule has 0 aliphatic heterocycles. The minimum Gasteiger partial charge on any atom is -0.354 e. The van der Waals surface area contributed by atoms with Crippen molar-refractivity contribution in [3.05, 3.63) is 52.6 Å². The van der Waals surface area contributed by atoms with Crippen molar-refractivity contribution >= 4 is 5.91 Å². The second-order valence-electron chi connectivity index (χ2n) is 4.96. The molecular weight excluding hydrogens is 271 g/mol. The van der Waals surface area contributed by atoms with Gasteiger partial charge >= 0.3 is 0 Å². The van der Waals surface area contributed by atoms with Crippen molar-refractivity contribution in [2.75, 3.05) is 6.54 Å². The molecule has 1 amide bonds. The molecular formula is C15H19FN4O. The van der Waals surface area contributed by atoms with Crippen LogP contribution >= 0.6 is 0 Å². The number of H-pyrrole nitrogens is 1. The lowest BCUT2D eigenvalue weighted by molar-refractivity contribution is -0.122. The number of halogens is 1. The van der Waals surface area contributed by atoms with Crippen LogP contribution in [0.5, 0.6) is 0 Å². The number of nitrogens with two attached hydrogens (primary N) is 1. The first-order valence-electron chi connectivity index (χ1n) is 6.79. The molecule has 0 aliphatic carbocycles. The van der Waals surface area contributed by atoms with Crippen molar-refractivity contribution in [3.8, 4) is 0 Å². The Labute approximate surface area is 122 Å². The van der Waals surface area contributed by atoms with Crippen LogP contribution in [0.2, 0.25) is 0 Å². The zero-order chi connectivity index (χ0) is 15.4. The minimum atomic E-state index is -0.774. The summed E-state index contributed by atoms with van der Waals surface area (Å²) in [7, 11) is 0. The van der Waals surface area contributed by atoms with E-state index in [-0.39, 0.29) is 11.7 Å². The van der Waals surface area contributed by atoms with Crippen LogP contribution < -0.4 is 11.1 Å². The smallest absolute Gasteiger partial charge is 0.241 e. The molecule has 112 valence electrons. The Kier molecular flexibility index (Phi) is 4.70. The summed E-state index contributed by atoms with van der Waals surface area (Å²) in [6.45, 7) is 3.95. The Balaban J connectivity index is 1.92. The van der Waals surface area contributed by atoms with E-state index in [9.17, 15) is 9.18 Å². The highest BCUT2D eigenvalue weighted by molar-refractivity contribution is 5.83. The van der Waals surface area contributed by atoms with E-state index in [0.717, 1.165) is 5.69 Å². The van der Waals surface area contributed by atoms with Gasteiger partial charge in [0.05, 0.1) is 5.69 Å². The maximum atomic E-state index is 13.5. The molecule has 0 saturated heterocycles. The maximum Gasteiger partial charge on any atom is 0.241 e. The van der Waals surface area contributed by atoms with Gasteiger partial charge in [0.15, 0.2) is 0 Å². The normalized spacial score (nSPS) is 12.2. The number of rotatable bonds is 5. The molecule has 6 heteroatoms. The minimum absolute atomic E-state index is 0.266. The molecule has 2 aromatic rings. The Bertz CT molecular complexity index is 619. The lowest BCUT2D eigenvalue weighted by atomic mass is 10.0. The number of aromatic nitrogens is 2. The maximum absolute atomic E-state index is 13.5. The Morgan fingerprint density at radius 3 is 2.76 bits per heavy atom. The van der Waals surface area contributed by atoms with Crippen LogP contribution in [0.15, 0.2) is 24.3 Å². The number of benzene rings is 1. The van der Waals surface area contributed by atoms with Gasteiger partial charge in [-0.1, -0.05) is 18.2 Å². The van der Waals surface area contributed by atoms with Gasteiger partial charge in [-0.2, -0.15) is 5.10 Å². The molecule has 1 heterocycles. The standard InChI is InChI=1S/C15H19FN4O/c1-9-13(10(2)20-19-9)14(17)15(21)18-8-7-11-5-3-4-6-12(11)16/h3-6,14H,7-8,17H2,1-2H3,(H,18,21)(H,19,20)/t14-/m1/s1. The average molecular weight is 290 g/mol. The molecule has 0 unspecified atom stereocenters. The zero-order valence-corrected chi connectivity index (χ0v) is 12.1. The average Bonchev–Trinajstić information content (AvgIpc) is 2.79. The van der Waals surface area contributed by atoms with Crippen LogP contribution in [0.3, 0.4) is 0 Å². The van der Waals surface area contributed by atoms with Gasteiger partial charge in [0.25, 0.3) is 0 Å². The lowest BCUT2D eigenvalue weighted by Gasteiger charge is -2.13. The fraction of sp³-hybridized carbons (Fsp3) is 0.333. The largest absolute Gasteiger partial charge is 0.354 e. The fourth-order valence-corrected chi connectivity index (χ4v) is 2.28. The highest BCUT2D eigenvalue weighted by Gasteiger charge is 2.21. The Hall–Kier alpha value is -2.21. The highest BCUT2D eigenvalue weighted by Crippen LogP contribution is 2.17. The number of aromatic amines is 1. The van der Waals surface area contributed by atoms with Crippen LogP contribution in [-0.4, -0.2) is 22.6 Å². The molecule has 1 atom stereocenters. The Morgan fingerprint density at radius 2 is 2.14 bits per heavy atom. The van der Waals surface area contributed by atoms with Gasteiger partial charge in [-0.05, 0) is 31.9 Å². The quantitative estimate of drug-likeness (QED) is 0.780. The molecule has 1 aromatic heterocycles. The van der Waals surface area contributed by atoms with Crippen LogP contribution in [0.25, 0.3) is 0 Å².